The first-order valence-electron chi connectivity index (χ1n) is 12.6. The van der Waals surface area contributed by atoms with E-state index in [9.17, 15) is 8.42 Å². The molecule has 1 unspecified atom stereocenters. The summed E-state index contributed by atoms with van der Waals surface area (Å²) < 4.78 is 35.5. The summed E-state index contributed by atoms with van der Waals surface area (Å²) in [6, 6.07) is 22.8. The van der Waals surface area contributed by atoms with E-state index in [1.54, 1.807) is 24.3 Å². The molecule has 2 heterocycles. The summed E-state index contributed by atoms with van der Waals surface area (Å²) in [6.07, 6.45) is -0.398. The van der Waals surface area contributed by atoms with Gasteiger partial charge >= 0.3 is 0 Å². The van der Waals surface area contributed by atoms with Crippen LogP contribution in [0.1, 0.15) is 49.1 Å². The second-order valence-electron chi connectivity index (χ2n) is 10.7. The molecular formula is C30H32N4O3S. The summed E-state index contributed by atoms with van der Waals surface area (Å²) >= 11 is 0. The summed E-state index contributed by atoms with van der Waals surface area (Å²) in [5, 5.41) is 3.36. The first-order valence-corrected chi connectivity index (χ1v) is 14.1. The lowest BCUT2D eigenvalue weighted by Crippen LogP contribution is -2.22. The van der Waals surface area contributed by atoms with Gasteiger partial charge in [-0.3, -0.25) is 0 Å². The zero-order valence-corrected chi connectivity index (χ0v) is 23.1. The third-order valence-corrected chi connectivity index (χ3v) is 8.01. The van der Waals surface area contributed by atoms with Crippen molar-refractivity contribution in [2.24, 2.45) is 0 Å². The van der Waals surface area contributed by atoms with Crippen molar-refractivity contribution in [1.29, 1.82) is 0 Å². The maximum Gasteiger partial charge on any atom is 0.264 e. The van der Waals surface area contributed by atoms with Crippen molar-refractivity contribution in [2.45, 2.75) is 51.0 Å². The number of aromatic nitrogens is 2. The van der Waals surface area contributed by atoms with Gasteiger partial charge in [-0.1, -0.05) is 69.3 Å². The van der Waals surface area contributed by atoms with Gasteiger partial charge in [-0.25, -0.2) is 18.1 Å². The van der Waals surface area contributed by atoms with Gasteiger partial charge in [-0.2, -0.15) is 4.98 Å². The molecule has 7 nitrogen and oxygen atoms in total. The highest BCUT2D eigenvalue weighted by Crippen LogP contribution is 2.33. The van der Waals surface area contributed by atoms with E-state index >= 15 is 0 Å². The van der Waals surface area contributed by atoms with Gasteiger partial charge in [0.25, 0.3) is 10.0 Å². The van der Waals surface area contributed by atoms with Crippen LogP contribution in [0.4, 0.5) is 11.6 Å². The molecule has 8 heteroatoms. The van der Waals surface area contributed by atoms with Crippen molar-refractivity contribution in [1.82, 2.24) is 9.97 Å². The third-order valence-electron chi connectivity index (χ3n) is 6.69. The summed E-state index contributed by atoms with van der Waals surface area (Å²) in [4.78, 5) is 9.21. The fourth-order valence-corrected chi connectivity index (χ4v) is 5.61. The Balaban J connectivity index is 1.68. The number of hydrogen-bond acceptors (Lipinski definition) is 6. The minimum atomic E-state index is -3.92. The first-order chi connectivity index (χ1) is 18.0. The highest BCUT2D eigenvalue weighted by Gasteiger charge is 2.23. The lowest BCUT2D eigenvalue weighted by Gasteiger charge is -2.25. The van der Waals surface area contributed by atoms with E-state index in [-0.39, 0.29) is 22.1 Å². The number of rotatable bonds is 2. The van der Waals surface area contributed by atoms with Crippen molar-refractivity contribution in [3.8, 4) is 17.1 Å². The van der Waals surface area contributed by atoms with Gasteiger partial charge < -0.3 is 10.1 Å². The molecule has 38 heavy (non-hydrogen) atoms. The van der Waals surface area contributed by atoms with Crippen molar-refractivity contribution in [3.63, 3.8) is 0 Å². The molecule has 1 aliphatic rings. The summed E-state index contributed by atoms with van der Waals surface area (Å²) in [7, 11) is -3.92. The van der Waals surface area contributed by atoms with E-state index < -0.39 is 16.1 Å². The van der Waals surface area contributed by atoms with Crippen LogP contribution in [0.2, 0.25) is 0 Å². The van der Waals surface area contributed by atoms with Crippen molar-refractivity contribution < 1.29 is 13.2 Å². The Labute approximate surface area is 224 Å². The van der Waals surface area contributed by atoms with Crippen LogP contribution in [-0.2, 0) is 15.4 Å². The van der Waals surface area contributed by atoms with Gasteiger partial charge in [0.2, 0.25) is 11.8 Å². The minimum Gasteiger partial charge on any atom is -0.467 e. The fourth-order valence-electron chi connectivity index (χ4n) is 4.62. The fraction of sp³-hybridized carbons (Fsp3) is 0.267. The van der Waals surface area contributed by atoms with Crippen LogP contribution < -0.4 is 14.8 Å². The number of ether oxygens (including phenoxy) is 1. The van der Waals surface area contributed by atoms with Crippen molar-refractivity contribution in [3.05, 3.63) is 95.1 Å². The average molecular weight is 529 g/mol. The normalized spacial score (nSPS) is 16.7. The molecule has 0 saturated heterocycles. The zero-order valence-electron chi connectivity index (χ0n) is 22.2. The van der Waals surface area contributed by atoms with Crippen molar-refractivity contribution >= 4 is 21.7 Å². The van der Waals surface area contributed by atoms with Gasteiger partial charge in [0.1, 0.15) is 6.10 Å². The third kappa shape index (κ3) is 5.36. The molecule has 4 aromatic rings. The smallest absolute Gasteiger partial charge is 0.264 e. The molecule has 0 fully saturated rings. The largest absolute Gasteiger partial charge is 0.467 e. The van der Waals surface area contributed by atoms with Crippen LogP contribution in [0.5, 0.6) is 5.88 Å². The van der Waals surface area contributed by atoms with Gasteiger partial charge in [-0.15, -0.1) is 0 Å². The molecule has 0 spiro atoms. The Morgan fingerprint density at radius 3 is 2.34 bits per heavy atom. The lowest BCUT2D eigenvalue weighted by atomic mass is 9.85. The van der Waals surface area contributed by atoms with Crippen LogP contribution in [-0.4, -0.2) is 24.9 Å². The maximum atomic E-state index is 13.2. The number of nitrogens with zero attached hydrogens (tertiary/aromatic N) is 2. The Hall–Kier alpha value is -3.91. The quantitative estimate of drug-likeness (QED) is 0.313. The lowest BCUT2D eigenvalue weighted by molar-refractivity contribution is 0.210. The van der Waals surface area contributed by atoms with Crippen LogP contribution in [0.3, 0.4) is 0 Å². The predicted octanol–water partition coefficient (Wildman–Crippen LogP) is 6.40. The number of benzene rings is 3. The number of hydrogen-bond donors (Lipinski definition) is 2. The van der Waals surface area contributed by atoms with Crippen LogP contribution in [0.25, 0.3) is 11.3 Å². The van der Waals surface area contributed by atoms with Gasteiger partial charge in [0.15, 0.2) is 0 Å². The number of anilines is 2. The number of nitrogens with one attached hydrogen (secondary N) is 2. The Morgan fingerprint density at radius 2 is 1.61 bits per heavy atom. The second-order valence-corrected chi connectivity index (χ2v) is 12.4. The average Bonchev–Trinajstić information content (AvgIpc) is 2.85. The second kappa shape index (κ2) is 9.76. The molecule has 1 aromatic heterocycles. The molecule has 0 aliphatic carbocycles. The van der Waals surface area contributed by atoms with Gasteiger partial charge in [0.05, 0.1) is 17.1 Å². The van der Waals surface area contributed by atoms with E-state index in [1.165, 1.54) is 5.56 Å². The Bertz CT molecular complexity index is 1590. The molecule has 196 valence electrons. The molecular weight excluding hydrogens is 496 g/mol. The van der Waals surface area contributed by atoms with Gasteiger partial charge in [-0.05, 0) is 59.7 Å². The molecule has 0 radical (unpaired) electrons. The molecule has 1 atom stereocenters. The predicted molar refractivity (Wildman–Crippen MR) is 151 cm³/mol. The zero-order chi connectivity index (χ0) is 27.1. The van der Waals surface area contributed by atoms with E-state index in [4.69, 9.17) is 4.74 Å². The highest BCUT2D eigenvalue weighted by molar-refractivity contribution is 7.92. The van der Waals surface area contributed by atoms with Crippen LogP contribution in [0.15, 0.2) is 77.7 Å². The number of aryl methyl sites for hydroxylation is 2. The molecule has 2 N–H and O–H groups in total. The summed E-state index contributed by atoms with van der Waals surface area (Å²) in [5.74, 6) is 0.244. The standard InChI is InChI=1S/C30H32N4O3S/c1-19-9-6-10-20(2)28(19)25-17-27-33-29(32-25)34-38(35,36)24-14-8-13-23(16-24)31-18-26(37-27)21-11-7-12-22(15-21)30(3,4)5/h6-17,26,31H,18H2,1-5H3,(H,32,33,34). The minimum absolute atomic E-state index is 0.0287. The van der Waals surface area contributed by atoms with E-state index in [1.807, 2.05) is 50.2 Å². The van der Waals surface area contributed by atoms with E-state index in [0.29, 0.717) is 17.9 Å². The SMILES string of the molecule is Cc1cccc(C)c1-c1cc2nc(n1)NS(=O)(=O)c1cccc(c1)NCC(c1cccc(C(C)(C)C)c1)O2. The van der Waals surface area contributed by atoms with E-state index in [2.05, 4.69) is 52.9 Å². The molecule has 3 aromatic carbocycles. The first kappa shape index (κ1) is 25.7. The molecule has 5 rings (SSSR count). The highest BCUT2D eigenvalue weighted by atomic mass is 32.2. The summed E-state index contributed by atoms with van der Waals surface area (Å²) in [5.41, 5.74) is 6.38. The molecule has 0 amide bonds. The van der Waals surface area contributed by atoms with E-state index in [0.717, 1.165) is 22.3 Å². The summed E-state index contributed by atoms with van der Waals surface area (Å²) in [6.45, 7) is 10.9. The Kier molecular flexibility index (Phi) is 6.61. The van der Waals surface area contributed by atoms with Gasteiger partial charge in [0, 0.05) is 17.3 Å². The van der Waals surface area contributed by atoms with Crippen molar-refractivity contribution in [2.75, 3.05) is 16.6 Å². The molecule has 1 aliphatic heterocycles. The monoisotopic (exact) mass is 528 g/mol. The number of fused-ring (bicyclic) bond motifs is 4. The maximum absolute atomic E-state index is 13.2. The molecule has 0 saturated carbocycles. The Morgan fingerprint density at radius 1 is 0.895 bits per heavy atom. The molecule has 4 bridgehead atoms. The van der Waals surface area contributed by atoms with Crippen LogP contribution in [0, 0.1) is 13.8 Å². The van der Waals surface area contributed by atoms with Crippen LogP contribution >= 0.6 is 0 Å². The number of sulfonamides is 1. The topological polar surface area (TPSA) is 93.2 Å².